The molecule has 4 heteroatoms. The summed E-state index contributed by atoms with van der Waals surface area (Å²) in [4.78, 5) is 15.4. The number of carbonyl (C=O) groups is 1. The van der Waals surface area contributed by atoms with Gasteiger partial charge < -0.3 is 4.74 Å². The first kappa shape index (κ1) is 11.2. The maximum atomic E-state index is 11.2. The fraction of sp³-hybridized carbons (Fsp3) is 0.400. The van der Waals surface area contributed by atoms with Crippen LogP contribution in [0.5, 0.6) is 0 Å². The molecule has 0 saturated heterocycles. The molecule has 0 radical (unpaired) electrons. The van der Waals surface area contributed by atoms with E-state index in [4.69, 9.17) is 4.74 Å². The van der Waals surface area contributed by atoms with Crippen molar-refractivity contribution in [3.63, 3.8) is 0 Å². The number of pyridine rings is 1. The van der Waals surface area contributed by atoms with E-state index >= 15 is 0 Å². The predicted octanol–water partition coefficient (Wildman–Crippen LogP) is 2.26. The fourth-order valence-corrected chi connectivity index (χ4v) is 1.68. The molecule has 0 unspecified atom stereocenters. The number of carbonyl (C=O) groups excluding carboxylic acids is 1. The molecule has 0 N–H and O–H groups in total. The van der Waals surface area contributed by atoms with Crippen molar-refractivity contribution >= 4 is 21.9 Å². The molecular formula is C10H12BrNO2. The minimum absolute atomic E-state index is 0.218. The van der Waals surface area contributed by atoms with Gasteiger partial charge in [0.25, 0.3) is 0 Å². The molecule has 0 atom stereocenters. The highest BCUT2D eigenvalue weighted by Crippen LogP contribution is 2.19. The van der Waals surface area contributed by atoms with Crippen LogP contribution in [0.4, 0.5) is 0 Å². The molecule has 1 rings (SSSR count). The summed E-state index contributed by atoms with van der Waals surface area (Å²) < 4.78 is 5.77. The monoisotopic (exact) mass is 257 g/mol. The minimum atomic E-state index is -0.218. The average molecular weight is 258 g/mol. The Bertz CT molecular complexity index is 319. The van der Waals surface area contributed by atoms with Crippen molar-refractivity contribution in [3.05, 3.63) is 28.0 Å². The summed E-state index contributed by atoms with van der Waals surface area (Å²) in [7, 11) is 0. The second kappa shape index (κ2) is 5.10. The van der Waals surface area contributed by atoms with Crippen molar-refractivity contribution in [2.45, 2.75) is 20.3 Å². The second-order valence-electron chi connectivity index (χ2n) is 2.84. The first-order valence-corrected chi connectivity index (χ1v) is 5.20. The van der Waals surface area contributed by atoms with Crippen molar-refractivity contribution < 1.29 is 9.53 Å². The van der Waals surface area contributed by atoms with Crippen molar-refractivity contribution in [1.82, 2.24) is 4.98 Å². The topological polar surface area (TPSA) is 39.2 Å². The van der Waals surface area contributed by atoms with E-state index in [0.717, 1.165) is 15.7 Å². The average Bonchev–Trinajstić information content (AvgIpc) is 2.12. The molecule has 1 aromatic heterocycles. The number of ether oxygens (including phenoxy) is 1. The SMILES string of the molecule is CCOC(=O)Cc1c(Br)ccnc1C. The number of aryl methyl sites for hydroxylation is 1. The Hall–Kier alpha value is -0.900. The van der Waals surface area contributed by atoms with Gasteiger partial charge in [-0.1, -0.05) is 15.9 Å². The summed E-state index contributed by atoms with van der Waals surface area (Å²) >= 11 is 3.38. The molecule has 0 bridgehead atoms. The number of nitrogens with zero attached hydrogens (tertiary/aromatic N) is 1. The number of esters is 1. The van der Waals surface area contributed by atoms with Gasteiger partial charge in [0, 0.05) is 16.4 Å². The van der Waals surface area contributed by atoms with Gasteiger partial charge in [-0.25, -0.2) is 0 Å². The van der Waals surface area contributed by atoms with Crippen LogP contribution in [0.2, 0.25) is 0 Å². The third kappa shape index (κ3) is 2.80. The van der Waals surface area contributed by atoms with E-state index in [-0.39, 0.29) is 12.4 Å². The van der Waals surface area contributed by atoms with Crippen LogP contribution in [0.15, 0.2) is 16.7 Å². The standard InChI is InChI=1S/C10H12BrNO2/c1-3-14-10(13)6-8-7(2)12-5-4-9(8)11/h4-5H,3,6H2,1-2H3. The molecule has 0 saturated carbocycles. The zero-order valence-electron chi connectivity index (χ0n) is 8.21. The van der Waals surface area contributed by atoms with Crippen LogP contribution in [-0.2, 0) is 16.0 Å². The van der Waals surface area contributed by atoms with E-state index in [2.05, 4.69) is 20.9 Å². The second-order valence-corrected chi connectivity index (χ2v) is 3.69. The molecule has 0 aromatic carbocycles. The lowest BCUT2D eigenvalue weighted by molar-refractivity contribution is -0.142. The van der Waals surface area contributed by atoms with E-state index in [1.54, 1.807) is 13.1 Å². The van der Waals surface area contributed by atoms with Crippen LogP contribution in [0.1, 0.15) is 18.2 Å². The van der Waals surface area contributed by atoms with Crippen LogP contribution in [-0.4, -0.2) is 17.6 Å². The number of hydrogen-bond acceptors (Lipinski definition) is 3. The van der Waals surface area contributed by atoms with E-state index in [9.17, 15) is 4.79 Å². The summed E-state index contributed by atoms with van der Waals surface area (Å²) in [6.07, 6.45) is 1.97. The number of rotatable bonds is 3. The lowest BCUT2D eigenvalue weighted by Crippen LogP contribution is -2.09. The van der Waals surface area contributed by atoms with Crippen molar-refractivity contribution in [1.29, 1.82) is 0 Å². The van der Waals surface area contributed by atoms with Gasteiger partial charge in [-0.2, -0.15) is 0 Å². The quantitative estimate of drug-likeness (QED) is 0.780. The largest absolute Gasteiger partial charge is 0.466 e. The molecule has 1 heterocycles. The van der Waals surface area contributed by atoms with E-state index < -0.39 is 0 Å². The number of aromatic nitrogens is 1. The third-order valence-electron chi connectivity index (χ3n) is 1.84. The zero-order chi connectivity index (χ0) is 10.6. The lowest BCUT2D eigenvalue weighted by atomic mass is 10.1. The van der Waals surface area contributed by atoms with Crippen LogP contribution in [0.25, 0.3) is 0 Å². The molecule has 14 heavy (non-hydrogen) atoms. The van der Waals surface area contributed by atoms with Gasteiger partial charge in [-0.05, 0) is 25.5 Å². The molecule has 0 amide bonds. The maximum absolute atomic E-state index is 11.2. The first-order chi connectivity index (χ1) is 6.65. The van der Waals surface area contributed by atoms with Crippen molar-refractivity contribution in [2.24, 2.45) is 0 Å². The van der Waals surface area contributed by atoms with Gasteiger partial charge in [0.05, 0.1) is 13.0 Å². The Morgan fingerprint density at radius 3 is 2.93 bits per heavy atom. The summed E-state index contributed by atoms with van der Waals surface area (Å²) in [5, 5.41) is 0. The Morgan fingerprint density at radius 1 is 1.64 bits per heavy atom. The third-order valence-corrected chi connectivity index (χ3v) is 2.58. The van der Waals surface area contributed by atoms with Gasteiger partial charge in [0.15, 0.2) is 0 Å². The Labute approximate surface area is 91.6 Å². The number of halogens is 1. The van der Waals surface area contributed by atoms with Crippen LogP contribution in [0.3, 0.4) is 0 Å². The predicted molar refractivity (Wildman–Crippen MR) is 57.0 cm³/mol. The molecule has 76 valence electrons. The molecule has 3 nitrogen and oxygen atoms in total. The molecular weight excluding hydrogens is 246 g/mol. The molecule has 0 aliphatic rings. The number of hydrogen-bond donors (Lipinski definition) is 0. The van der Waals surface area contributed by atoms with Crippen LogP contribution >= 0.6 is 15.9 Å². The maximum Gasteiger partial charge on any atom is 0.310 e. The van der Waals surface area contributed by atoms with E-state index in [0.29, 0.717) is 6.61 Å². The van der Waals surface area contributed by atoms with Gasteiger partial charge >= 0.3 is 5.97 Å². The molecule has 0 aliphatic heterocycles. The Morgan fingerprint density at radius 2 is 2.36 bits per heavy atom. The summed E-state index contributed by atoms with van der Waals surface area (Å²) in [5.41, 5.74) is 1.75. The van der Waals surface area contributed by atoms with E-state index in [1.165, 1.54) is 0 Å². The molecule has 0 spiro atoms. The van der Waals surface area contributed by atoms with Crippen molar-refractivity contribution in [3.8, 4) is 0 Å². The van der Waals surface area contributed by atoms with E-state index in [1.807, 2.05) is 13.0 Å². The van der Waals surface area contributed by atoms with Gasteiger partial charge in [0.1, 0.15) is 0 Å². The molecule has 0 aliphatic carbocycles. The smallest absolute Gasteiger partial charge is 0.310 e. The van der Waals surface area contributed by atoms with Crippen LogP contribution < -0.4 is 0 Å². The van der Waals surface area contributed by atoms with Gasteiger partial charge in [0.2, 0.25) is 0 Å². The molecule has 0 fully saturated rings. The highest BCUT2D eigenvalue weighted by atomic mass is 79.9. The molecule has 1 aromatic rings. The summed E-state index contributed by atoms with van der Waals surface area (Å²) in [5.74, 6) is -0.218. The van der Waals surface area contributed by atoms with Gasteiger partial charge in [-0.15, -0.1) is 0 Å². The zero-order valence-corrected chi connectivity index (χ0v) is 9.80. The lowest BCUT2D eigenvalue weighted by Gasteiger charge is -2.06. The Balaban J connectivity index is 2.80. The fourth-order valence-electron chi connectivity index (χ4n) is 1.13. The summed E-state index contributed by atoms with van der Waals surface area (Å²) in [6.45, 7) is 4.08. The van der Waals surface area contributed by atoms with Crippen LogP contribution in [0, 0.1) is 6.92 Å². The highest BCUT2D eigenvalue weighted by Gasteiger charge is 2.10. The normalized spacial score (nSPS) is 9.93. The minimum Gasteiger partial charge on any atom is -0.466 e. The Kier molecular flexibility index (Phi) is 4.07. The van der Waals surface area contributed by atoms with Crippen molar-refractivity contribution in [2.75, 3.05) is 6.61 Å². The summed E-state index contributed by atoms with van der Waals surface area (Å²) in [6, 6.07) is 1.82. The first-order valence-electron chi connectivity index (χ1n) is 4.40. The highest BCUT2D eigenvalue weighted by molar-refractivity contribution is 9.10. The van der Waals surface area contributed by atoms with Gasteiger partial charge in [-0.3, -0.25) is 9.78 Å².